The normalized spacial score (nSPS) is 10.2. The average Bonchev–Trinajstić information content (AvgIpc) is 2.42. The fourth-order valence-corrected chi connectivity index (χ4v) is 1.97. The van der Waals surface area contributed by atoms with Gasteiger partial charge in [-0.1, -0.05) is 0 Å². The van der Waals surface area contributed by atoms with Crippen LogP contribution in [0.2, 0.25) is 0 Å². The van der Waals surface area contributed by atoms with Crippen molar-refractivity contribution in [1.82, 2.24) is 0 Å². The molecular weight excluding hydrogens is 265 g/mol. The van der Waals surface area contributed by atoms with Gasteiger partial charge in [0.1, 0.15) is 11.6 Å². The number of aromatic hydroxyl groups is 1. The van der Waals surface area contributed by atoms with E-state index in [1.807, 2.05) is 18.4 Å². The smallest absolute Gasteiger partial charge is 0.259 e. The van der Waals surface area contributed by atoms with Gasteiger partial charge in [-0.2, -0.15) is 0 Å². The van der Waals surface area contributed by atoms with Gasteiger partial charge in [0, 0.05) is 10.6 Å². The minimum atomic E-state index is -0.569. The first-order chi connectivity index (χ1) is 9.10. The number of halogens is 1. The summed E-state index contributed by atoms with van der Waals surface area (Å²) in [5.41, 5.74) is 0.500. The van der Waals surface area contributed by atoms with E-state index < -0.39 is 11.7 Å². The van der Waals surface area contributed by atoms with Crippen molar-refractivity contribution in [2.24, 2.45) is 0 Å². The molecule has 5 heteroatoms. The molecule has 0 aromatic heterocycles. The number of phenolic OH excluding ortho intramolecular Hbond substituents is 1. The van der Waals surface area contributed by atoms with Gasteiger partial charge in [0.15, 0.2) is 0 Å². The van der Waals surface area contributed by atoms with Crippen molar-refractivity contribution in [3.63, 3.8) is 0 Å². The summed E-state index contributed by atoms with van der Waals surface area (Å²) in [7, 11) is 0. The third-order valence-electron chi connectivity index (χ3n) is 2.55. The second-order valence-corrected chi connectivity index (χ2v) is 4.72. The summed E-state index contributed by atoms with van der Waals surface area (Å²) < 4.78 is 13.1. The van der Waals surface area contributed by atoms with E-state index in [1.165, 1.54) is 0 Å². The lowest BCUT2D eigenvalue weighted by Gasteiger charge is -2.07. The second kappa shape index (κ2) is 5.75. The number of rotatable bonds is 3. The van der Waals surface area contributed by atoms with E-state index in [4.69, 9.17) is 0 Å². The largest absolute Gasteiger partial charge is 0.507 e. The van der Waals surface area contributed by atoms with E-state index in [2.05, 4.69) is 5.32 Å². The van der Waals surface area contributed by atoms with Crippen LogP contribution in [0.1, 0.15) is 10.4 Å². The molecule has 0 heterocycles. The molecule has 0 unspecified atom stereocenters. The summed E-state index contributed by atoms with van der Waals surface area (Å²) in [6.07, 6.45) is 1.96. The number of hydrogen-bond acceptors (Lipinski definition) is 3. The zero-order valence-electron chi connectivity index (χ0n) is 10.2. The van der Waals surface area contributed by atoms with E-state index in [0.717, 1.165) is 23.1 Å². The van der Waals surface area contributed by atoms with Gasteiger partial charge in [0.05, 0.1) is 5.56 Å². The maximum absolute atomic E-state index is 13.1. The van der Waals surface area contributed by atoms with Crippen molar-refractivity contribution in [2.75, 3.05) is 11.6 Å². The van der Waals surface area contributed by atoms with Crippen LogP contribution in [0.3, 0.4) is 0 Å². The van der Waals surface area contributed by atoms with Crippen molar-refractivity contribution < 1.29 is 14.3 Å². The van der Waals surface area contributed by atoms with Crippen molar-refractivity contribution in [2.45, 2.75) is 4.90 Å². The molecule has 0 atom stereocenters. The molecular formula is C14H12FNO2S. The molecule has 0 fully saturated rings. The first-order valence-electron chi connectivity index (χ1n) is 5.54. The summed E-state index contributed by atoms with van der Waals surface area (Å²) in [5.74, 6) is -1.37. The van der Waals surface area contributed by atoms with E-state index >= 15 is 0 Å². The lowest BCUT2D eigenvalue weighted by Crippen LogP contribution is -2.12. The van der Waals surface area contributed by atoms with Gasteiger partial charge >= 0.3 is 0 Å². The number of carbonyl (C=O) groups is 1. The molecule has 2 rings (SSSR count). The Morgan fingerprint density at radius 1 is 1.21 bits per heavy atom. The molecule has 2 aromatic carbocycles. The zero-order valence-corrected chi connectivity index (χ0v) is 11.0. The van der Waals surface area contributed by atoms with Crippen LogP contribution in [0, 0.1) is 5.82 Å². The van der Waals surface area contributed by atoms with Crippen LogP contribution in [0.4, 0.5) is 10.1 Å². The van der Waals surface area contributed by atoms with Crippen molar-refractivity contribution in [3.05, 3.63) is 53.8 Å². The van der Waals surface area contributed by atoms with Crippen molar-refractivity contribution in [1.29, 1.82) is 0 Å². The molecule has 0 bridgehead atoms. The number of thioether (sulfide) groups is 1. The van der Waals surface area contributed by atoms with Gasteiger partial charge < -0.3 is 10.4 Å². The number of nitrogens with one attached hydrogen (secondary N) is 1. The van der Waals surface area contributed by atoms with Crippen LogP contribution >= 0.6 is 11.8 Å². The van der Waals surface area contributed by atoms with Crippen LogP contribution in [0.5, 0.6) is 5.75 Å². The van der Waals surface area contributed by atoms with Gasteiger partial charge in [-0.25, -0.2) is 4.39 Å². The molecule has 19 heavy (non-hydrogen) atoms. The van der Waals surface area contributed by atoms with E-state index in [-0.39, 0.29) is 11.3 Å². The number of anilines is 1. The number of carbonyl (C=O) groups excluding carboxylic acids is 1. The Hall–Kier alpha value is -2.01. The standard InChI is InChI=1S/C14H12FNO2S/c1-19-11-5-3-10(4-6-11)16-14(18)12-8-9(15)2-7-13(12)17/h2-8,17H,1H3,(H,16,18). The molecule has 98 valence electrons. The summed E-state index contributed by atoms with van der Waals surface area (Å²) in [6, 6.07) is 10.5. The van der Waals surface area contributed by atoms with Crippen LogP contribution in [0.25, 0.3) is 0 Å². The summed E-state index contributed by atoms with van der Waals surface area (Å²) in [4.78, 5) is 13.0. The van der Waals surface area contributed by atoms with E-state index in [0.29, 0.717) is 5.69 Å². The summed E-state index contributed by atoms with van der Waals surface area (Å²) >= 11 is 1.59. The van der Waals surface area contributed by atoms with Crippen molar-refractivity contribution in [3.8, 4) is 5.75 Å². The quantitative estimate of drug-likeness (QED) is 0.844. The minimum absolute atomic E-state index is 0.0889. The third kappa shape index (κ3) is 3.26. The van der Waals surface area contributed by atoms with Gasteiger partial charge in [-0.05, 0) is 48.7 Å². The van der Waals surface area contributed by atoms with Crippen molar-refractivity contribution >= 4 is 23.4 Å². The number of amides is 1. The maximum atomic E-state index is 13.1. The number of hydrogen-bond donors (Lipinski definition) is 2. The Labute approximate surface area is 114 Å². The van der Waals surface area contributed by atoms with E-state index in [1.54, 1.807) is 23.9 Å². The highest BCUT2D eigenvalue weighted by molar-refractivity contribution is 7.98. The Balaban J connectivity index is 2.18. The highest BCUT2D eigenvalue weighted by atomic mass is 32.2. The number of benzene rings is 2. The second-order valence-electron chi connectivity index (χ2n) is 3.84. The van der Waals surface area contributed by atoms with Gasteiger partial charge in [-0.3, -0.25) is 4.79 Å². The maximum Gasteiger partial charge on any atom is 0.259 e. The van der Waals surface area contributed by atoms with Crippen LogP contribution in [0.15, 0.2) is 47.4 Å². The molecule has 2 N–H and O–H groups in total. The van der Waals surface area contributed by atoms with Crippen LogP contribution in [-0.2, 0) is 0 Å². The molecule has 0 aliphatic heterocycles. The molecule has 0 spiro atoms. The highest BCUT2D eigenvalue weighted by Crippen LogP contribution is 2.21. The first kappa shape index (κ1) is 13.4. The van der Waals surface area contributed by atoms with Gasteiger partial charge in [0.25, 0.3) is 5.91 Å². The SMILES string of the molecule is CSc1ccc(NC(=O)c2cc(F)ccc2O)cc1. The van der Waals surface area contributed by atoms with Gasteiger partial charge in [0.2, 0.25) is 0 Å². The molecule has 0 saturated heterocycles. The molecule has 0 aliphatic rings. The Kier molecular flexibility index (Phi) is 4.06. The predicted octanol–water partition coefficient (Wildman–Crippen LogP) is 3.51. The first-order valence-corrected chi connectivity index (χ1v) is 6.76. The lowest BCUT2D eigenvalue weighted by molar-refractivity contribution is 0.102. The molecule has 1 amide bonds. The molecule has 0 saturated carbocycles. The summed E-state index contributed by atoms with van der Waals surface area (Å²) in [5, 5.41) is 12.1. The molecule has 0 radical (unpaired) electrons. The molecule has 0 aliphatic carbocycles. The Morgan fingerprint density at radius 2 is 1.89 bits per heavy atom. The monoisotopic (exact) mass is 277 g/mol. The average molecular weight is 277 g/mol. The van der Waals surface area contributed by atoms with Crippen LogP contribution in [-0.4, -0.2) is 17.3 Å². The topological polar surface area (TPSA) is 49.3 Å². The minimum Gasteiger partial charge on any atom is -0.507 e. The molecule has 2 aromatic rings. The zero-order chi connectivity index (χ0) is 13.8. The third-order valence-corrected chi connectivity index (χ3v) is 3.29. The fourth-order valence-electron chi connectivity index (χ4n) is 1.56. The number of phenols is 1. The Bertz CT molecular complexity index is 599. The lowest BCUT2D eigenvalue weighted by atomic mass is 10.1. The Morgan fingerprint density at radius 3 is 2.53 bits per heavy atom. The molecule has 3 nitrogen and oxygen atoms in total. The van der Waals surface area contributed by atoms with E-state index in [9.17, 15) is 14.3 Å². The highest BCUT2D eigenvalue weighted by Gasteiger charge is 2.12. The summed E-state index contributed by atoms with van der Waals surface area (Å²) in [6.45, 7) is 0. The predicted molar refractivity (Wildman–Crippen MR) is 74.2 cm³/mol. The van der Waals surface area contributed by atoms with Crippen LogP contribution < -0.4 is 5.32 Å². The van der Waals surface area contributed by atoms with Gasteiger partial charge in [-0.15, -0.1) is 11.8 Å². The fraction of sp³-hybridized carbons (Fsp3) is 0.0714.